The molecule has 1 aliphatic heterocycles. The molecule has 0 radical (unpaired) electrons. The molecule has 1 aromatic carbocycles. The van der Waals surface area contributed by atoms with Gasteiger partial charge in [-0.3, -0.25) is 4.72 Å². The minimum Gasteiger partial charge on any atom is -0.474 e. The molecule has 0 unspecified atom stereocenters. The third-order valence-corrected chi connectivity index (χ3v) is 5.82. The lowest BCUT2D eigenvalue weighted by Crippen LogP contribution is -2.42. The maximum Gasteiger partial charge on any atom is 0.229 e. The molecule has 1 fully saturated rings. The van der Waals surface area contributed by atoms with Gasteiger partial charge in [-0.1, -0.05) is 0 Å². The fourth-order valence-electron chi connectivity index (χ4n) is 3.59. The van der Waals surface area contributed by atoms with Crippen molar-refractivity contribution in [3.8, 4) is 17.3 Å². The number of nitrogens with two attached hydrogens (primary N) is 1. The molecule has 1 aromatic heterocycles. The van der Waals surface area contributed by atoms with E-state index in [9.17, 15) is 8.42 Å². The van der Waals surface area contributed by atoms with Crippen LogP contribution in [0.5, 0.6) is 5.88 Å². The summed E-state index contributed by atoms with van der Waals surface area (Å²) in [6.07, 6.45) is 2.84. The summed E-state index contributed by atoms with van der Waals surface area (Å²) in [5.41, 5.74) is 7.93. The molecule has 31 heavy (non-hydrogen) atoms. The highest BCUT2D eigenvalue weighted by Gasteiger charge is 2.25. The molecule has 0 amide bonds. The number of piperidine rings is 1. The van der Waals surface area contributed by atoms with Crippen LogP contribution in [0.1, 0.15) is 42.0 Å². The van der Waals surface area contributed by atoms with Gasteiger partial charge in [-0.15, -0.1) is 0 Å². The van der Waals surface area contributed by atoms with E-state index in [1.807, 2.05) is 0 Å². The number of ether oxygens (including phenoxy) is 1. The molecule has 0 aliphatic carbocycles. The van der Waals surface area contributed by atoms with E-state index in [1.165, 1.54) is 0 Å². The van der Waals surface area contributed by atoms with Crippen molar-refractivity contribution in [1.29, 1.82) is 5.41 Å². The van der Waals surface area contributed by atoms with Crippen molar-refractivity contribution < 1.29 is 16.0 Å². The van der Waals surface area contributed by atoms with Crippen LogP contribution in [0.25, 0.3) is 11.4 Å². The van der Waals surface area contributed by atoms with Crippen molar-refractivity contribution in [1.82, 2.24) is 14.9 Å². The quantitative estimate of drug-likeness (QED) is 0.551. The van der Waals surface area contributed by atoms with Crippen molar-refractivity contribution in [2.24, 2.45) is 0 Å². The van der Waals surface area contributed by atoms with Gasteiger partial charge in [0.1, 0.15) is 11.9 Å². The molecule has 172 valence electrons. The van der Waals surface area contributed by atoms with E-state index in [2.05, 4.69) is 33.4 Å². The molecule has 2 aromatic rings. The molecule has 0 bridgehead atoms. The van der Waals surface area contributed by atoms with Crippen molar-refractivity contribution in [3.63, 3.8) is 0 Å². The summed E-state index contributed by atoms with van der Waals surface area (Å²) in [4.78, 5) is 11.3. The first-order valence-corrected chi connectivity index (χ1v) is 12.1. The number of likely N-dealkylation sites (tertiary alicyclic amines) is 1. The second-order valence-electron chi connectivity index (χ2n) is 8.14. The van der Waals surface area contributed by atoms with Gasteiger partial charge in [0.2, 0.25) is 15.9 Å². The Balaban J connectivity index is 0.00000272. The minimum atomic E-state index is -3.36. The number of hydrogen-bond donors (Lipinski definition) is 3. The minimum absolute atomic E-state index is 0. The maximum absolute atomic E-state index is 11.4. The van der Waals surface area contributed by atoms with Crippen LogP contribution >= 0.6 is 0 Å². The van der Waals surface area contributed by atoms with Crippen LogP contribution in [-0.2, 0) is 10.0 Å². The number of rotatable bonds is 7. The molecule has 10 heteroatoms. The van der Waals surface area contributed by atoms with Gasteiger partial charge < -0.3 is 20.8 Å². The molecule has 0 atom stereocenters. The van der Waals surface area contributed by atoms with Gasteiger partial charge in [0.05, 0.1) is 11.8 Å². The smallest absolute Gasteiger partial charge is 0.229 e. The van der Waals surface area contributed by atoms with Crippen molar-refractivity contribution in [2.75, 3.05) is 29.8 Å². The number of hydrogen-bond acceptors (Lipinski definition) is 8. The molecule has 2 heterocycles. The maximum atomic E-state index is 11.4. The monoisotopic (exact) mass is 450 g/mol. The topological polar surface area (TPSA) is 134 Å². The lowest BCUT2D eigenvalue weighted by Gasteiger charge is -2.34. The fraction of sp³-hybridized carbons (Fsp3) is 0.476. The van der Waals surface area contributed by atoms with Crippen LogP contribution in [0.4, 0.5) is 11.5 Å². The lowest BCUT2D eigenvalue weighted by atomic mass is 10.1. The molecular formula is C21H34N6O3S. The third kappa shape index (κ3) is 5.92. The molecular weight excluding hydrogens is 416 g/mol. The zero-order valence-corrected chi connectivity index (χ0v) is 19.2. The molecule has 3 rings (SSSR count). The fourth-order valence-corrected chi connectivity index (χ4v) is 4.16. The summed E-state index contributed by atoms with van der Waals surface area (Å²) in [6, 6.07) is 7.19. The normalized spacial score (nSPS) is 15.8. The lowest BCUT2D eigenvalue weighted by molar-refractivity contribution is 0.0812. The number of anilines is 2. The molecule has 9 nitrogen and oxygen atoms in total. The first-order valence-electron chi connectivity index (χ1n) is 10.3. The van der Waals surface area contributed by atoms with Crippen LogP contribution in [0.15, 0.2) is 24.3 Å². The van der Waals surface area contributed by atoms with Crippen LogP contribution in [0.3, 0.4) is 0 Å². The molecule has 0 spiro atoms. The summed E-state index contributed by atoms with van der Waals surface area (Å²) >= 11 is 0. The highest BCUT2D eigenvalue weighted by atomic mass is 32.2. The Bertz CT molecular complexity index is 1060. The predicted molar refractivity (Wildman–Crippen MR) is 127 cm³/mol. The van der Waals surface area contributed by atoms with Crippen LogP contribution in [0.2, 0.25) is 0 Å². The Kier molecular flexibility index (Phi) is 6.80. The average Bonchev–Trinajstić information content (AvgIpc) is 2.67. The van der Waals surface area contributed by atoms with E-state index >= 15 is 0 Å². The van der Waals surface area contributed by atoms with Gasteiger partial charge >= 0.3 is 0 Å². The Morgan fingerprint density at radius 2 is 1.87 bits per heavy atom. The van der Waals surface area contributed by atoms with Crippen LogP contribution < -0.4 is 15.2 Å². The Morgan fingerprint density at radius 3 is 2.39 bits per heavy atom. The molecule has 1 saturated heterocycles. The van der Waals surface area contributed by atoms with Gasteiger partial charge in [0, 0.05) is 38.9 Å². The first-order chi connectivity index (χ1) is 14.5. The van der Waals surface area contributed by atoms with E-state index in [-0.39, 0.29) is 20.5 Å². The third-order valence-electron chi connectivity index (χ3n) is 5.21. The summed E-state index contributed by atoms with van der Waals surface area (Å²) in [5.74, 6) is 0.866. The molecule has 0 saturated carbocycles. The van der Waals surface area contributed by atoms with Gasteiger partial charge in [-0.05, 0) is 57.9 Å². The average molecular weight is 451 g/mol. The molecule has 4 N–H and O–H groups in total. The second-order valence-corrected chi connectivity index (χ2v) is 9.88. The summed E-state index contributed by atoms with van der Waals surface area (Å²) in [6.45, 7) is 7.90. The second kappa shape index (κ2) is 9.19. The summed E-state index contributed by atoms with van der Waals surface area (Å²) in [7, 11) is -3.36. The summed E-state index contributed by atoms with van der Waals surface area (Å²) in [5, 5.41) is 8.10. The number of aromatic nitrogens is 2. The van der Waals surface area contributed by atoms with Crippen LogP contribution in [-0.4, -0.2) is 60.5 Å². The number of nitrogen functional groups attached to an aromatic ring is 1. The van der Waals surface area contributed by atoms with E-state index < -0.39 is 10.0 Å². The predicted octanol–water partition coefficient (Wildman–Crippen LogP) is 3.23. The number of nitrogens with one attached hydrogen (secondary N) is 2. The largest absolute Gasteiger partial charge is 0.474 e. The summed E-state index contributed by atoms with van der Waals surface area (Å²) < 4.78 is 31.4. The first kappa shape index (κ1) is 23.0. The SMILES string of the molecule is CC(=N)c1c(N)nc(-c2ccc(NS(C)(=O)=O)cc2)nc1OC1CCN(C(C)C)CC1.[HH].[HH]. The number of nitrogens with zero attached hydrogens (tertiary/aromatic N) is 3. The van der Waals surface area contributed by atoms with Gasteiger partial charge in [-0.2, -0.15) is 4.98 Å². The van der Waals surface area contributed by atoms with Gasteiger partial charge in [0.25, 0.3) is 0 Å². The van der Waals surface area contributed by atoms with Crippen LogP contribution in [0, 0.1) is 5.41 Å². The van der Waals surface area contributed by atoms with Crippen molar-refractivity contribution >= 4 is 27.2 Å². The Morgan fingerprint density at radius 1 is 1.26 bits per heavy atom. The Hall–Kier alpha value is -2.72. The van der Waals surface area contributed by atoms with E-state index in [1.54, 1.807) is 31.2 Å². The highest BCUT2D eigenvalue weighted by molar-refractivity contribution is 7.92. The zero-order chi connectivity index (χ0) is 22.8. The zero-order valence-electron chi connectivity index (χ0n) is 18.3. The van der Waals surface area contributed by atoms with Gasteiger partial charge in [-0.25, -0.2) is 13.4 Å². The highest BCUT2D eigenvalue weighted by Crippen LogP contribution is 2.29. The number of sulfonamides is 1. The Labute approximate surface area is 186 Å². The van der Waals surface area contributed by atoms with Crippen molar-refractivity contribution in [3.05, 3.63) is 29.8 Å². The standard InChI is InChI=1S/C21H30N6O3S.2H2/c1-13(2)27-11-9-17(10-12-27)30-21-18(14(3)22)19(23)24-20(25-21)15-5-7-16(8-6-15)26-31(4,28)29;;/h5-8,13,17,22,26H,9-12H2,1-4H3,(H2,23,24,25);2*1H. The van der Waals surface area contributed by atoms with E-state index in [0.29, 0.717) is 34.6 Å². The number of benzene rings is 1. The van der Waals surface area contributed by atoms with Gasteiger partial charge in [0.15, 0.2) is 5.82 Å². The van der Waals surface area contributed by atoms with E-state index in [4.69, 9.17) is 15.9 Å². The van der Waals surface area contributed by atoms with Crippen molar-refractivity contribution in [2.45, 2.75) is 45.8 Å². The molecule has 1 aliphatic rings. The van der Waals surface area contributed by atoms with E-state index in [0.717, 1.165) is 32.2 Å².